The molecule has 3 aromatic rings. The predicted octanol–water partition coefficient (Wildman–Crippen LogP) is 4.98. The lowest BCUT2D eigenvalue weighted by Crippen LogP contribution is -2.50. The molecule has 37 heavy (non-hydrogen) atoms. The number of rotatable bonds is 13. The number of methoxy groups -OCH3 is 1. The van der Waals surface area contributed by atoms with Crippen LogP contribution >= 0.6 is 11.3 Å². The maximum atomic E-state index is 12.7. The number of nitrogens with zero attached hydrogens (tertiary/aromatic N) is 1. The van der Waals surface area contributed by atoms with Crippen molar-refractivity contribution < 1.29 is 23.9 Å². The minimum absolute atomic E-state index is 0.206. The van der Waals surface area contributed by atoms with Gasteiger partial charge in [0.1, 0.15) is 12.1 Å². The van der Waals surface area contributed by atoms with Gasteiger partial charge >= 0.3 is 11.9 Å². The van der Waals surface area contributed by atoms with Crippen LogP contribution in [0.5, 0.6) is 0 Å². The molecule has 2 atom stereocenters. The number of carbonyl (C=O) groups excluding carboxylic acids is 3. The van der Waals surface area contributed by atoms with E-state index >= 15 is 0 Å². The number of hydrogen-bond acceptors (Lipinski definition) is 8. The van der Waals surface area contributed by atoms with E-state index in [1.54, 1.807) is 18.3 Å². The van der Waals surface area contributed by atoms with Gasteiger partial charge in [-0.2, -0.15) is 0 Å². The standard InChI is InChI=1S/C28H35N3O5S/c1-5-6-13-36-28(34)22(14-18(2)3)31-23(27(33)35-4)16-20-11-12-21(17-29-20)30-26(32)25-15-19-9-7-8-10-24(19)37-25/h7-12,15,17-18,22-23,31H,5-6,13-14,16H2,1-4H3,(H,30,32)/t22-,23-/m0/s1. The van der Waals surface area contributed by atoms with Gasteiger partial charge in [-0.15, -0.1) is 11.3 Å². The van der Waals surface area contributed by atoms with Crippen molar-refractivity contribution in [2.45, 2.75) is 58.5 Å². The van der Waals surface area contributed by atoms with Gasteiger partial charge in [0.25, 0.3) is 5.91 Å². The highest BCUT2D eigenvalue weighted by molar-refractivity contribution is 7.20. The zero-order chi connectivity index (χ0) is 26.8. The number of anilines is 1. The van der Waals surface area contributed by atoms with E-state index < -0.39 is 18.1 Å². The van der Waals surface area contributed by atoms with E-state index in [9.17, 15) is 14.4 Å². The molecular formula is C28H35N3O5S. The Hall–Kier alpha value is -3.30. The third-order valence-electron chi connectivity index (χ3n) is 5.77. The van der Waals surface area contributed by atoms with E-state index in [0.29, 0.717) is 29.3 Å². The number of pyridine rings is 1. The fraction of sp³-hybridized carbons (Fsp3) is 0.429. The number of esters is 2. The first-order chi connectivity index (χ1) is 17.8. The SMILES string of the molecule is CCCCOC(=O)[C@H](CC(C)C)N[C@@H](Cc1ccc(NC(=O)c2cc3ccccc3s2)cn1)C(=O)OC. The topological polar surface area (TPSA) is 107 Å². The van der Waals surface area contributed by atoms with Crippen LogP contribution in [0.25, 0.3) is 10.1 Å². The number of benzene rings is 1. The van der Waals surface area contributed by atoms with Gasteiger partial charge in [-0.25, -0.2) is 0 Å². The molecule has 0 aliphatic rings. The molecule has 0 bridgehead atoms. The number of ether oxygens (including phenoxy) is 2. The van der Waals surface area contributed by atoms with Gasteiger partial charge in [-0.1, -0.05) is 45.4 Å². The predicted molar refractivity (Wildman–Crippen MR) is 146 cm³/mol. The van der Waals surface area contributed by atoms with Crippen molar-refractivity contribution >= 4 is 45.0 Å². The average Bonchev–Trinajstić information content (AvgIpc) is 3.33. The number of nitrogens with one attached hydrogen (secondary N) is 2. The second-order valence-corrected chi connectivity index (χ2v) is 10.4. The third kappa shape index (κ3) is 8.36. The number of fused-ring (bicyclic) bond motifs is 1. The van der Waals surface area contributed by atoms with E-state index in [1.165, 1.54) is 18.4 Å². The number of hydrogen-bond donors (Lipinski definition) is 2. The molecule has 2 aromatic heterocycles. The maximum Gasteiger partial charge on any atom is 0.323 e. The molecule has 198 valence electrons. The Morgan fingerprint density at radius 3 is 2.49 bits per heavy atom. The number of unbranched alkanes of at least 4 members (excludes halogenated alkanes) is 1. The van der Waals surface area contributed by atoms with E-state index in [4.69, 9.17) is 9.47 Å². The molecule has 0 saturated heterocycles. The van der Waals surface area contributed by atoms with Crippen LogP contribution in [0.15, 0.2) is 48.7 Å². The molecule has 0 aliphatic carbocycles. The summed E-state index contributed by atoms with van der Waals surface area (Å²) in [4.78, 5) is 43.0. The highest BCUT2D eigenvalue weighted by Gasteiger charge is 2.29. The van der Waals surface area contributed by atoms with Gasteiger partial charge in [0.05, 0.1) is 30.5 Å². The summed E-state index contributed by atoms with van der Waals surface area (Å²) in [5.74, 6) is -0.846. The van der Waals surface area contributed by atoms with Crippen molar-refractivity contribution in [3.05, 3.63) is 59.2 Å². The zero-order valence-corrected chi connectivity index (χ0v) is 22.6. The first-order valence-electron chi connectivity index (χ1n) is 12.6. The molecule has 0 aliphatic heterocycles. The summed E-state index contributed by atoms with van der Waals surface area (Å²) in [5.41, 5.74) is 1.16. The molecule has 1 aromatic carbocycles. The molecule has 0 fully saturated rings. The quantitative estimate of drug-likeness (QED) is 0.239. The smallest absolute Gasteiger partial charge is 0.323 e. The second-order valence-electron chi connectivity index (χ2n) is 9.29. The van der Waals surface area contributed by atoms with Crippen molar-refractivity contribution in [1.82, 2.24) is 10.3 Å². The van der Waals surface area contributed by atoms with Crippen molar-refractivity contribution in [1.29, 1.82) is 0 Å². The van der Waals surface area contributed by atoms with Gasteiger partial charge in [0, 0.05) is 16.8 Å². The minimum Gasteiger partial charge on any atom is -0.468 e. The Bertz CT molecular complexity index is 1160. The number of amides is 1. The van der Waals surface area contributed by atoms with Crippen LogP contribution in [-0.4, -0.2) is 48.6 Å². The Kier molecular flexibility index (Phi) is 10.6. The van der Waals surface area contributed by atoms with Gasteiger partial charge in [0.15, 0.2) is 0 Å². The van der Waals surface area contributed by atoms with E-state index in [1.807, 2.05) is 51.1 Å². The van der Waals surface area contributed by atoms with Crippen LogP contribution in [0.4, 0.5) is 5.69 Å². The third-order valence-corrected chi connectivity index (χ3v) is 6.88. The number of thiophene rings is 1. The zero-order valence-electron chi connectivity index (χ0n) is 21.8. The largest absolute Gasteiger partial charge is 0.468 e. The van der Waals surface area contributed by atoms with Gasteiger partial charge < -0.3 is 14.8 Å². The fourth-order valence-electron chi connectivity index (χ4n) is 3.83. The molecule has 0 spiro atoms. The molecule has 9 heteroatoms. The van der Waals surface area contributed by atoms with Gasteiger partial charge in [-0.05, 0) is 48.4 Å². The average molecular weight is 526 g/mol. The van der Waals surface area contributed by atoms with Crippen LogP contribution in [-0.2, 0) is 25.5 Å². The van der Waals surface area contributed by atoms with Crippen LogP contribution in [0.2, 0.25) is 0 Å². The fourth-order valence-corrected chi connectivity index (χ4v) is 4.79. The molecule has 0 unspecified atom stereocenters. The first-order valence-corrected chi connectivity index (χ1v) is 13.4. The van der Waals surface area contributed by atoms with Crippen molar-refractivity contribution in [3.8, 4) is 0 Å². The molecule has 3 rings (SSSR count). The molecule has 1 amide bonds. The lowest BCUT2D eigenvalue weighted by Gasteiger charge is -2.24. The van der Waals surface area contributed by atoms with Gasteiger partial charge in [0.2, 0.25) is 0 Å². The molecular weight excluding hydrogens is 490 g/mol. The molecule has 0 saturated carbocycles. The van der Waals surface area contributed by atoms with Crippen LogP contribution in [0.3, 0.4) is 0 Å². The summed E-state index contributed by atoms with van der Waals surface area (Å²) in [7, 11) is 1.31. The minimum atomic E-state index is -0.779. The maximum absolute atomic E-state index is 12.7. The first kappa shape index (κ1) is 28.3. The van der Waals surface area contributed by atoms with Crippen molar-refractivity contribution in [3.63, 3.8) is 0 Å². The normalized spacial score (nSPS) is 12.8. The van der Waals surface area contributed by atoms with Crippen LogP contribution < -0.4 is 10.6 Å². The van der Waals surface area contributed by atoms with Crippen molar-refractivity contribution in [2.75, 3.05) is 19.0 Å². The Balaban J connectivity index is 1.66. The Labute approximate surface area is 221 Å². The summed E-state index contributed by atoms with van der Waals surface area (Å²) >= 11 is 1.43. The van der Waals surface area contributed by atoms with E-state index in [2.05, 4.69) is 15.6 Å². The lowest BCUT2D eigenvalue weighted by atomic mass is 10.0. The van der Waals surface area contributed by atoms with Gasteiger partial charge in [-0.3, -0.25) is 24.7 Å². The molecule has 0 radical (unpaired) electrons. The highest BCUT2D eigenvalue weighted by atomic mass is 32.1. The summed E-state index contributed by atoms with van der Waals surface area (Å²) in [5, 5.41) is 7.03. The molecule has 2 heterocycles. The van der Waals surface area contributed by atoms with Crippen LogP contribution in [0, 0.1) is 5.92 Å². The summed E-state index contributed by atoms with van der Waals surface area (Å²) in [6.45, 7) is 6.40. The highest BCUT2D eigenvalue weighted by Crippen LogP contribution is 2.26. The van der Waals surface area contributed by atoms with Crippen molar-refractivity contribution in [2.24, 2.45) is 5.92 Å². The molecule has 8 nitrogen and oxygen atoms in total. The summed E-state index contributed by atoms with van der Waals surface area (Å²) in [6.07, 6.45) is 4.00. The second kappa shape index (κ2) is 13.9. The molecule has 2 N–H and O–H groups in total. The monoisotopic (exact) mass is 525 g/mol. The summed E-state index contributed by atoms with van der Waals surface area (Å²) in [6, 6.07) is 11.8. The lowest BCUT2D eigenvalue weighted by molar-refractivity contribution is -0.148. The number of carbonyl (C=O) groups is 3. The number of aromatic nitrogens is 1. The Morgan fingerprint density at radius 2 is 1.84 bits per heavy atom. The Morgan fingerprint density at radius 1 is 1.05 bits per heavy atom. The van der Waals surface area contributed by atoms with Crippen LogP contribution in [0.1, 0.15) is 55.4 Å². The van der Waals surface area contributed by atoms with E-state index in [-0.39, 0.29) is 24.2 Å². The summed E-state index contributed by atoms with van der Waals surface area (Å²) < 4.78 is 11.4. The van der Waals surface area contributed by atoms with E-state index in [0.717, 1.165) is 22.9 Å².